The van der Waals surface area contributed by atoms with Crippen molar-refractivity contribution in [2.24, 2.45) is 0 Å². The van der Waals surface area contributed by atoms with Crippen LogP contribution in [0.4, 0.5) is 8.78 Å². The van der Waals surface area contributed by atoms with E-state index in [0.29, 0.717) is 11.5 Å². The van der Waals surface area contributed by atoms with Gasteiger partial charge in [-0.3, -0.25) is 0 Å². The Morgan fingerprint density at radius 3 is 2.68 bits per heavy atom. The van der Waals surface area contributed by atoms with Crippen LogP contribution in [-0.2, 0) is 5.75 Å². The van der Waals surface area contributed by atoms with Crippen molar-refractivity contribution >= 4 is 17.7 Å². The molecule has 0 saturated heterocycles. The van der Waals surface area contributed by atoms with Crippen LogP contribution in [0.3, 0.4) is 0 Å². The van der Waals surface area contributed by atoms with E-state index in [1.165, 1.54) is 18.2 Å². The molecule has 0 aliphatic carbocycles. The Morgan fingerprint density at radius 1 is 1.37 bits per heavy atom. The maximum Gasteiger partial charge on any atom is 0.339 e. The minimum Gasteiger partial charge on any atom is -0.478 e. The van der Waals surface area contributed by atoms with Gasteiger partial charge < -0.3 is 9.52 Å². The second-order valence-electron chi connectivity index (χ2n) is 3.85. The molecule has 1 heterocycles. The largest absolute Gasteiger partial charge is 0.478 e. The number of rotatable bonds is 4. The van der Waals surface area contributed by atoms with Crippen molar-refractivity contribution in [3.63, 3.8) is 0 Å². The van der Waals surface area contributed by atoms with Gasteiger partial charge in [0.2, 0.25) is 0 Å². The number of carbonyl (C=O) groups is 1. The third kappa shape index (κ3) is 3.14. The summed E-state index contributed by atoms with van der Waals surface area (Å²) < 4.78 is 31.4. The van der Waals surface area contributed by atoms with Gasteiger partial charge in [0.15, 0.2) is 0 Å². The fourth-order valence-electron chi connectivity index (χ4n) is 1.57. The van der Waals surface area contributed by atoms with Crippen LogP contribution < -0.4 is 0 Å². The summed E-state index contributed by atoms with van der Waals surface area (Å²) in [6.45, 7) is 1.55. The smallest absolute Gasteiger partial charge is 0.339 e. The normalized spacial score (nSPS) is 10.7. The summed E-state index contributed by atoms with van der Waals surface area (Å²) in [4.78, 5) is 11.1. The first-order valence-corrected chi connectivity index (χ1v) is 6.36. The zero-order chi connectivity index (χ0) is 14.0. The van der Waals surface area contributed by atoms with E-state index >= 15 is 0 Å². The molecule has 1 N–H and O–H groups in total. The van der Waals surface area contributed by atoms with Gasteiger partial charge in [0.05, 0.1) is 5.75 Å². The Bertz CT molecular complexity index is 622. The lowest BCUT2D eigenvalue weighted by Crippen LogP contribution is -1.94. The van der Waals surface area contributed by atoms with Crippen molar-refractivity contribution in [3.8, 4) is 0 Å². The minimum absolute atomic E-state index is 0.0928. The van der Waals surface area contributed by atoms with Gasteiger partial charge in [0.25, 0.3) is 0 Å². The molecule has 0 bridgehead atoms. The number of hydrogen-bond acceptors (Lipinski definition) is 3. The number of carboxylic acids is 1. The van der Waals surface area contributed by atoms with Crippen LogP contribution in [0.1, 0.15) is 21.9 Å². The Labute approximate surface area is 112 Å². The van der Waals surface area contributed by atoms with E-state index < -0.39 is 17.6 Å². The van der Waals surface area contributed by atoms with Crippen LogP contribution in [0.15, 0.2) is 33.6 Å². The lowest BCUT2D eigenvalue weighted by atomic mass is 10.2. The average molecular weight is 284 g/mol. The standard InChI is InChI=1S/C13H10F2O3S/c1-7-10(13(16)17)5-9(18-7)6-19-12-3-2-8(14)4-11(12)15/h2-5H,6H2,1H3,(H,16,17). The van der Waals surface area contributed by atoms with Gasteiger partial charge >= 0.3 is 5.97 Å². The van der Waals surface area contributed by atoms with Gasteiger partial charge in [-0.15, -0.1) is 11.8 Å². The highest BCUT2D eigenvalue weighted by Crippen LogP contribution is 2.27. The minimum atomic E-state index is -1.06. The molecule has 0 radical (unpaired) electrons. The summed E-state index contributed by atoms with van der Waals surface area (Å²) in [6, 6.07) is 4.72. The number of furan rings is 1. The Balaban J connectivity index is 2.10. The molecule has 19 heavy (non-hydrogen) atoms. The molecule has 0 spiro atoms. The van der Waals surface area contributed by atoms with Crippen LogP contribution in [0.5, 0.6) is 0 Å². The van der Waals surface area contributed by atoms with Gasteiger partial charge in [0.1, 0.15) is 28.7 Å². The summed E-state index contributed by atoms with van der Waals surface area (Å²) in [6.07, 6.45) is 0. The predicted molar refractivity (Wildman–Crippen MR) is 66.3 cm³/mol. The fraction of sp³-hybridized carbons (Fsp3) is 0.154. The number of carboxylic acid groups (broad SMARTS) is 1. The molecule has 0 saturated carbocycles. The molecule has 1 aromatic heterocycles. The predicted octanol–water partition coefficient (Wildman–Crippen LogP) is 3.86. The maximum absolute atomic E-state index is 13.4. The molecular weight excluding hydrogens is 274 g/mol. The zero-order valence-electron chi connectivity index (χ0n) is 9.94. The van der Waals surface area contributed by atoms with Gasteiger partial charge in [-0.05, 0) is 25.1 Å². The number of hydrogen-bond donors (Lipinski definition) is 1. The zero-order valence-corrected chi connectivity index (χ0v) is 10.8. The maximum atomic E-state index is 13.4. The van der Waals surface area contributed by atoms with E-state index in [9.17, 15) is 13.6 Å². The highest BCUT2D eigenvalue weighted by Gasteiger charge is 2.14. The fourth-order valence-corrected chi connectivity index (χ4v) is 2.37. The summed E-state index contributed by atoms with van der Waals surface area (Å²) in [5, 5.41) is 8.87. The first-order valence-electron chi connectivity index (χ1n) is 5.38. The van der Waals surface area contributed by atoms with E-state index in [4.69, 9.17) is 9.52 Å². The summed E-state index contributed by atoms with van der Waals surface area (Å²) >= 11 is 1.11. The molecule has 2 rings (SSSR count). The van der Waals surface area contributed by atoms with Crippen molar-refractivity contribution in [3.05, 3.63) is 53.0 Å². The van der Waals surface area contributed by atoms with Crippen LogP contribution in [0.25, 0.3) is 0 Å². The highest BCUT2D eigenvalue weighted by atomic mass is 32.2. The van der Waals surface area contributed by atoms with Crippen molar-refractivity contribution in [1.82, 2.24) is 0 Å². The molecule has 1 aromatic carbocycles. The van der Waals surface area contributed by atoms with Crippen LogP contribution >= 0.6 is 11.8 Å². The van der Waals surface area contributed by atoms with Gasteiger partial charge in [-0.2, -0.15) is 0 Å². The van der Waals surface area contributed by atoms with E-state index in [0.717, 1.165) is 17.8 Å². The molecule has 6 heteroatoms. The molecule has 100 valence electrons. The van der Waals surface area contributed by atoms with Gasteiger partial charge in [0, 0.05) is 11.0 Å². The van der Waals surface area contributed by atoms with Crippen LogP contribution in [0, 0.1) is 18.6 Å². The molecule has 0 unspecified atom stereocenters. The summed E-state index contributed by atoms with van der Waals surface area (Å²) in [5.41, 5.74) is 0.0928. The molecular formula is C13H10F2O3S. The number of thioether (sulfide) groups is 1. The second kappa shape index (κ2) is 5.44. The number of benzene rings is 1. The third-order valence-electron chi connectivity index (χ3n) is 2.46. The second-order valence-corrected chi connectivity index (χ2v) is 4.87. The first kappa shape index (κ1) is 13.6. The van der Waals surface area contributed by atoms with Crippen molar-refractivity contribution in [1.29, 1.82) is 0 Å². The number of aryl methyl sites for hydroxylation is 1. The lowest BCUT2D eigenvalue weighted by molar-refractivity contribution is 0.0695. The topological polar surface area (TPSA) is 50.4 Å². The molecule has 0 amide bonds. The molecule has 0 aliphatic heterocycles. The molecule has 3 nitrogen and oxygen atoms in total. The SMILES string of the molecule is Cc1oc(CSc2ccc(F)cc2F)cc1C(=O)O. The molecule has 2 aromatic rings. The van der Waals surface area contributed by atoms with Gasteiger partial charge in [-0.25, -0.2) is 13.6 Å². The summed E-state index contributed by atoms with van der Waals surface area (Å²) in [7, 11) is 0. The van der Waals surface area contributed by atoms with Crippen molar-refractivity contribution in [2.45, 2.75) is 17.6 Å². The monoisotopic (exact) mass is 284 g/mol. The highest BCUT2D eigenvalue weighted by molar-refractivity contribution is 7.98. The van der Waals surface area contributed by atoms with Gasteiger partial charge in [-0.1, -0.05) is 0 Å². The Morgan fingerprint density at radius 2 is 2.11 bits per heavy atom. The van der Waals surface area contributed by atoms with E-state index in [-0.39, 0.29) is 16.2 Å². The van der Waals surface area contributed by atoms with Crippen LogP contribution in [-0.4, -0.2) is 11.1 Å². The van der Waals surface area contributed by atoms with E-state index in [2.05, 4.69) is 0 Å². The molecule has 0 atom stereocenters. The van der Waals surface area contributed by atoms with E-state index in [1.54, 1.807) is 6.92 Å². The van der Waals surface area contributed by atoms with Crippen molar-refractivity contribution < 1.29 is 23.1 Å². The first-order chi connectivity index (χ1) is 8.97. The number of halogens is 2. The third-order valence-corrected chi connectivity index (χ3v) is 3.53. The Hall–Kier alpha value is -1.82. The summed E-state index contributed by atoms with van der Waals surface area (Å²) in [5.74, 6) is -1.33. The van der Waals surface area contributed by atoms with E-state index in [1.807, 2.05) is 0 Å². The van der Waals surface area contributed by atoms with Crippen LogP contribution in [0.2, 0.25) is 0 Å². The Kier molecular flexibility index (Phi) is 3.90. The molecule has 0 aliphatic rings. The average Bonchev–Trinajstić information content (AvgIpc) is 2.69. The van der Waals surface area contributed by atoms with Crippen molar-refractivity contribution in [2.75, 3.05) is 0 Å². The molecule has 0 fully saturated rings. The number of aromatic carboxylic acids is 1. The lowest BCUT2D eigenvalue weighted by Gasteiger charge is -2.01. The quantitative estimate of drug-likeness (QED) is 0.866.